The summed E-state index contributed by atoms with van der Waals surface area (Å²) in [5.41, 5.74) is 3.64. The number of nitriles is 1. The van der Waals surface area contributed by atoms with Crippen molar-refractivity contribution in [2.24, 2.45) is 5.41 Å². The van der Waals surface area contributed by atoms with E-state index >= 15 is 4.39 Å². The Morgan fingerprint density at radius 3 is 2.38 bits per heavy atom. The quantitative estimate of drug-likeness (QED) is 0.121. The lowest BCUT2D eigenvalue weighted by molar-refractivity contribution is -0.137. The number of carbonyl (C=O) groups excluding carboxylic acids is 1. The summed E-state index contributed by atoms with van der Waals surface area (Å²) >= 11 is 0.712. The Hall–Kier alpha value is -4.39. The fourth-order valence-electron chi connectivity index (χ4n) is 7.27. The molecule has 2 saturated heterocycles. The predicted octanol–water partition coefficient (Wildman–Crippen LogP) is 7.66. The van der Waals surface area contributed by atoms with Crippen LogP contribution in [0.2, 0.25) is 0 Å². The fraction of sp³-hybridized carbons (Fsp3) is 0.459. The summed E-state index contributed by atoms with van der Waals surface area (Å²) in [6.45, 7) is 10.9. The molecule has 0 amide bonds. The number of thiophene rings is 1. The van der Waals surface area contributed by atoms with Crippen molar-refractivity contribution in [2.75, 3.05) is 58.0 Å². The molecule has 15 heteroatoms. The van der Waals surface area contributed by atoms with Crippen molar-refractivity contribution in [1.29, 1.82) is 5.26 Å². The van der Waals surface area contributed by atoms with Crippen LogP contribution in [0.1, 0.15) is 50.7 Å². The van der Waals surface area contributed by atoms with E-state index in [1.54, 1.807) is 0 Å². The van der Waals surface area contributed by atoms with Gasteiger partial charge in [-0.15, -0.1) is 11.3 Å². The Bertz CT molecular complexity index is 2020. The molecule has 4 aromatic rings. The molecule has 3 aliphatic rings. The normalized spacial score (nSPS) is 19.5. The first-order chi connectivity index (χ1) is 24.6. The van der Waals surface area contributed by atoms with Crippen LogP contribution >= 0.6 is 11.3 Å². The standard InChI is InChI=1S/C27H25F5N6OS.C7H13N.C3H4O/c1-5-38(18-8-9-37(3)12(18)2)25-14-10-16(27(30,31)32)20(21(29)22(14)35-26(36-25)39-4)13-6-7-17(28)23-19(13)15(11-33)24(34)40-23;1-8-5-4-7(6-8)2-3-7;1-2-3-4/h6-7,10,12,18H,5,8-9,34H2,1-4H3;2-6H2,1H3;2-3H,1H2/t12-,18-;;/m1../s1. The molecule has 1 spiro atoms. The summed E-state index contributed by atoms with van der Waals surface area (Å²) in [7, 11) is 5.47. The Balaban J connectivity index is 0.000000367. The number of fused-ring (bicyclic) bond motifs is 2. The van der Waals surface area contributed by atoms with Crippen LogP contribution in [0.25, 0.3) is 32.1 Å². The maximum absolute atomic E-state index is 16.5. The number of alkyl halides is 3. The van der Waals surface area contributed by atoms with Gasteiger partial charge in [0.1, 0.15) is 34.5 Å². The van der Waals surface area contributed by atoms with Gasteiger partial charge in [0.25, 0.3) is 0 Å². The zero-order valence-electron chi connectivity index (χ0n) is 29.8. The summed E-state index contributed by atoms with van der Waals surface area (Å²) in [4.78, 5) is 24.0. The lowest BCUT2D eigenvalue weighted by atomic mass is 9.92. The average molecular weight is 744 g/mol. The van der Waals surface area contributed by atoms with Crippen LogP contribution in [0.15, 0.2) is 30.9 Å². The molecular weight excluding hydrogens is 702 g/mol. The first kappa shape index (κ1) is 38.8. The number of hydrogen-bond donors (Lipinski definition) is 1. The summed E-state index contributed by atoms with van der Waals surface area (Å²) in [6.07, 6.45) is 2.04. The molecular formula is C37H42F5N7O2S. The molecule has 2 aliphatic heterocycles. The second kappa shape index (κ2) is 15.3. The van der Waals surface area contributed by atoms with Crippen molar-refractivity contribution >= 4 is 49.4 Å². The van der Waals surface area contributed by atoms with Crippen LogP contribution in [-0.2, 0) is 11.0 Å². The van der Waals surface area contributed by atoms with Crippen LogP contribution < -0.4 is 15.4 Å². The van der Waals surface area contributed by atoms with Crippen LogP contribution in [0.5, 0.6) is 6.01 Å². The number of aromatic nitrogens is 2. The van der Waals surface area contributed by atoms with Crippen molar-refractivity contribution in [3.8, 4) is 23.2 Å². The Morgan fingerprint density at radius 2 is 1.90 bits per heavy atom. The molecule has 9 nitrogen and oxygen atoms in total. The molecule has 0 radical (unpaired) electrons. The van der Waals surface area contributed by atoms with Gasteiger partial charge < -0.3 is 25.2 Å². The second-order valence-electron chi connectivity index (χ2n) is 13.5. The van der Waals surface area contributed by atoms with E-state index in [9.17, 15) is 22.8 Å². The minimum absolute atomic E-state index is 0.0584. The number of ether oxygens (including phenoxy) is 1. The summed E-state index contributed by atoms with van der Waals surface area (Å²) in [5.74, 6) is -1.96. The minimum Gasteiger partial charge on any atom is -0.467 e. The number of anilines is 2. The third-order valence-corrected chi connectivity index (χ3v) is 11.3. The van der Waals surface area contributed by atoms with E-state index in [4.69, 9.17) is 15.3 Å². The van der Waals surface area contributed by atoms with Gasteiger partial charge in [0.05, 0.1) is 22.9 Å². The molecule has 2 N–H and O–H groups in total. The average Bonchev–Trinajstić information content (AvgIpc) is 3.47. The number of nitrogens with two attached hydrogens (primary N) is 1. The number of benzene rings is 2. The van der Waals surface area contributed by atoms with Crippen LogP contribution in [-0.4, -0.2) is 85.5 Å². The van der Waals surface area contributed by atoms with Gasteiger partial charge in [-0.25, -0.2) is 8.78 Å². The molecule has 2 aromatic carbocycles. The number of halogens is 5. The Morgan fingerprint density at radius 1 is 1.21 bits per heavy atom. The van der Waals surface area contributed by atoms with Gasteiger partial charge in [-0.1, -0.05) is 12.6 Å². The SMILES string of the molecule is C=CC=O.CCN(c1nc(OC)nc2c(F)c(-c3ccc(F)c4sc(N)c(C#N)c34)c(C(F)(F)F)cc12)[C@@H]1CCN(C)[C@@H]1C.CN1CCC2(CC2)C1. The minimum atomic E-state index is -5.02. The number of allylic oxidation sites excluding steroid dienone is 1. The summed E-state index contributed by atoms with van der Waals surface area (Å²) in [5, 5.41) is 9.26. The van der Waals surface area contributed by atoms with Crippen molar-refractivity contribution in [3.63, 3.8) is 0 Å². The number of aldehydes is 1. The number of methoxy groups -OCH3 is 1. The second-order valence-corrected chi connectivity index (χ2v) is 14.6. The van der Waals surface area contributed by atoms with E-state index in [-0.39, 0.29) is 61.0 Å². The van der Waals surface area contributed by atoms with Gasteiger partial charge in [0.15, 0.2) is 5.82 Å². The molecule has 278 valence electrons. The van der Waals surface area contributed by atoms with E-state index in [1.165, 1.54) is 45.5 Å². The fourth-order valence-corrected chi connectivity index (χ4v) is 8.22. The third-order valence-electron chi connectivity index (χ3n) is 10.3. The van der Waals surface area contributed by atoms with E-state index in [2.05, 4.69) is 33.4 Å². The van der Waals surface area contributed by atoms with Crippen molar-refractivity contribution in [1.82, 2.24) is 19.8 Å². The molecule has 0 unspecified atom stereocenters. The van der Waals surface area contributed by atoms with Crippen molar-refractivity contribution in [2.45, 2.75) is 57.8 Å². The molecule has 1 aliphatic carbocycles. The molecule has 7 rings (SSSR count). The zero-order chi connectivity index (χ0) is 38.1. The monoisotopic (exact) mass is 743 g/mol. The van der Waals surface area contributed by atoms with Crippen LogP contribution in [0.3, 0.4) is 0 Å². The molecule has 2 atom stereocenters. The number of rotatable bonds is 6. The van der Waals surface area contributed by atoms with Gasteiger partial charge in [-0.2, -0.15) is 28.4 Å². The third kappa shape index (κ3) is 7.42. The number of nitrogen functional groups attached to an aromatic ring is 1. The van der Waals surface area contributed by atoms with Gasteiger partial charge in [0.2, 0.25) is 0 Å². The van der Waals surface area contributed by atoms with E-state index in [0.29, 0.717) is 24.2 Å². The Kier molecular flexibility index (Phi) is 11.4. The molecule has 2 aromatic heterocycles. The number of carbonyl (C=O) groups is 1. The predicted molar refractivity (Wildman–Crippen MR) is 195 cm³/mol. The summed E-state index contributed by atoms with van der Waals surface area (Å²) in [6, 6.07) is 4.34. The smallest absolute Gasteiger partial charge is 0.417 e. The number of likely N-dealkylation sites (N-methyl/N-ethyl adjacent to an activating group) is 2. The van der Waals surface area contributed by atoms with Crippen molar-refractivity contribution < 1.29 is 31.5 Å². The zero-order valence-corrected chi connectivity index (χ0v) is 30.6. The lowest BCUT2D eigenvalue weighted by Gasteiger charge is -2.34. The van der Waals surface area contributed by atoms with E-state index in [0.717, 1.165) is 36.6 Å². The highest BCUT2D eigenvalue weighted by Crippen LogP contribution is 2.52. The highest BCUT2D eigenvalue weighted by Gasteiger charge is 2.46. The van der Waals surface area contributed by atoms with Crippen LogP contribution in [0, 0.1) is 28.4 Å². The molecule has 4 heterocycles. The number of hydrogen-bond acceptors (Lipinski definition) is 10. The summed E-state index contributed by atoms with van der Waals surface area (Å²) < 4.78 is 80.3. The highest BCUT2D eigenvalue weighted by molar-refractivity contribution is 7.23. The number of nitrogens with zero attached hydrogens (tertiary/aromatic N) is 6. The van der Waals surface area contributed by atoms with Crippen molar-refractivity contribution in [3.05, 3.63) is 53.6 Å². The first-order valence-corrected chi connectivity index (χ1v) is 17.7. The van der Waals surface area contributed by atoms with Gasteiger partial charge >= 0.3 is 12.2 Å². The Labute approximate surface area is 303 Å². The molecule has 52 heavy (non-hydrogen) atoms. The van der Waals surface area contributed by atoms with Gasteiger partial charge in [-0.3, -0.25) is 4.79 Å². The molecule has 1 saturated carbocycles. The van der Waals surface area contributed by atoms with E-state index in [1.807, 2.05) is 31.9 Å². The molecule has 0 bridgehead atoms. The lowest BCUT2D eigenvalue weighted by Crippen LogP contribution is -2.43. The van der Waals surface area contributed by atoms with Crippen LogP contribution in [0.4, 0.5) is 32.8 Å². The first-order valence-electron chi connectivity index (χ1n) is 16.9. The highest BCUT2D eigenvalue weighted by atomic mass is 32.1. The largest absolute Gasteiger partial charge is 0.467 e. The van der Waals surface area contributed by atoms with Gasteiger partial charge in [-0.05, 0) is 89.4 Å². The maximum Gasteiger partial charge on any atom is 0.417 e. The topological polar surface area (TPSA) is 112 Å². The molecule has 3 fully saturated rings. The van der Waals surface area contributed by atoms with E-state index < -0.39 is 28.9 Å². The van der Waals surface area contributed by atoms with Gasteiger partial charge in [0, 0.05) is 48.1 Å². The number of likely N-dealkylation sites (tertiary alicyclic amines) is 2. The maximum atomic E-state index is 16.5.